The highest BCUT2D eigenvalue weighted by Gasteiger charge is 2.57. The van der Waals surface area contributed by atoms with Gasteiger partial charge in [-0.25, -0.2) is 0 Å². The van der Waals surface area contributed by atoms with Gasteiger partial charge in [0.05, 0.1) is 19.2 Å². The van der Waals surface area contributed by atoms with Gasteiger partial charge in [0.2, 0.25) is 0 Å². The molecule has 0 amide bonds. The highest BCUT2D eigenvalue weighted by Crippen LogP contribution is 2.61. The first kappa shape index (κ1) is 13.6. The van der Waals surface area contributed by atoms with Gasteiger partial charge in [-0.05, 0) is 36.0 Å². The number of aryl methyl sites for hydroxylation is 1. The number of hydrogen-bond donors (Lipinski definition) is 0. The number of carbonyl (C=O) groups excluding carboxylic acids is 1. The molecule has 4 rings (SSSR count). The lowest BCUT2D eigenvalue weighted by Gasteiger charge is -2.61. The van der Waals surface area contributed by atoms with Gasteiger partial charge in [0.25, 0.3) is 0 Å². The van der Waals surface area contributed by atoms with Gasteiger partial charge < -0.3 is 4.74 Å². The Morgan fingerprint density at radius 1 is 1.45 bits per heavy atom. The van der Waals surface area contributed by atoms with E-state index in [1.807, 2.05) is 0 Å². The normalized spacial score (nSPS) is 34.4. The Morgan fingerprint density at radius 2 is 2.25 bits per heavy atom. The van der Waals surface area contributed by atoms with Crippen LogP contribution in [0.25, 0.3) is 0 Å². The molecule has 1 aromatic heterocycles. The van der Waals surface area contributed by atoms with Crippen molar-refractivity contribution < 1.29 is 9.53 Å². The summed E-state index contributed by atoms with van der Waals surface area (Å²) in [6.07, 6.45) is 6.18. The maximum absolute atomic E-state index is 12.0. The number of fused-ring (bicyclic) bond motifs is 2. The summed E-state index contributed by atoms with van der Waals surface area (Å²) in [7, 11) is 0. The zero-order valence-electron chi connectivity index (χ0n) is 12.5. The summed E-state index contributed by atoms with van der Waals surface area (Å²) in [6, 6.07) is 0. The first-order valence-electron chi connectivity index (χ1n) is 7.52. The molecular formula is C15H23N3O2. The van der Waals surface area contributed by atoms with Crippen molar-refractivity contribution in [2.75, 3.05) is 0 Å². The van der Waals surface area contributed by atoms with Gasteiger partial charge in [-0.1, -0.05) is 26.0 Å². The molecule has 3 saturated carbocycles. The van der Waals surface area contributed by atoms with Crippen LogP contribution in [0.2, 0.25) is 0 Å². The molecule has 0 N–H and O–H groups in total. The average molecular weight is 277 g/mol. The van der Waals surface area contributed by atoms with Gasteiger partial charge in [-0.3, -0.25) is 9.48 Å². The first-order chi connectivity index (χ1) is 9.48. The topological polar surface area (TPSA) is 57.0 Å². The largest absolute Gasteiger partial charge is 0.462 e. The molecule has 0 saturated heterocycles. The predicted octanol–water partition coefficient (Wildman–Crippen LogP) is 2.28. The minimum atomic E-state index is -0.114. The number of hydrogen-bond acceptors (Lipinski definition) is 4. The van der Waals surface area contributed by atoms with Crippen LogP contribution in [0, 0.1) is 23.2 Å². The minimum Gasteiger partial charge on any atom is -0.462 e. The molecule has 20 heavy (non-hydrogen) atoms. The fraction of sp³-hybridized carbons (Fsp3) is 0.800. The lowest BCUT2D eigenvalue weighted by molar-refractivity contribution is -0.186. The van der Waals surface area contributed by atoms with Gasteiger partial charge in [-0.15, -0.1) is 5.10 Å². The second-order valence-corrected chi connectivity index (χ2v) is 6.90. The SMILES string of the molecule is C[C@H]1[C@@H](OC(=O)CCn2ccnn2)C[C@H]2C[C@H]1C2(C)C. The molecule has 5 heteroatoms. The summed E-state index contributed by atoms with van der Waals surface area (Å²) in [5.74, 6) is 1.79. The van der Waals surface area contributed by atoms with E-state index in [4.69, 9.17) is 4.74 Å². The highest BCUT2D eigenvalue weighted by atomic mass is 16.5. The Labute approximate surface area is 119 Å². The zero-order chi connectivity index (χ0) is 14.3. The van der Waals surface area contributed by atoms with Crippen molar-refractivity contribution in [2.45, 2.75) is 52.7 Å². The van der Waals surface area contributed by atoms with E-state index in [0.29, 0.717) is 30.2 Å². The smallest absolute Gasteiger partial charge is 0.307 e. The van der Waals surface area contributed by atoms with Gasteiger partial charge >= 0.3 is 5.97 Å². The molecule has 1 aromatic rings. The first-order valence-corrected chi connectivity index (χ1v) is 7.52. The van der Waals surface area contributed by atoms with Gasteiger partial charge in [0.15, 0.2) is 0 Å². The molecule has 0 spiro atoms. The van der Waals surface area contributed by atoms with Crippen LogP contribution in [0.3, 0.4) is 0 Å². The van der Waals surface area contributed by atoms with Crippen LogP contribution in [0.15, 0.2) is 12.4 Å². The molecule has 0 aliphatic heterocycles. The van der Waals surface area contributed by atoms with E-state index in [0.717, 1.165) is 12.3 Å². The van der Waals surface area contributed by atoms with E-state index < -0.39 is 0 Å². The second-order valence-electron chi connectivity index (χ2n) is 6.90. The maximum Gasteiger partial charge on any atom is 0.307 e. The second kappa shape index (κ2) is 4.86. The lowest BCUT2D eigenvalue weighted by Crippen LogP contribution is -2.57. The van der Waals surface area contributed by atoms with Crippen LogP contribution in [0.1, 0.15) is 40.0 Å². The quantitative estimate of drug-likeness (QED) is 0.792. The van der Waals surface area contributed by atoms with Crippen LogP contribution in [-0.2, 0) is 16.1 Å². The van der Waals surface area contributed by atoms with Crippen molar-refractivity contribution in [3.8, 4) is 0 Å². The van der Waals surface area contributed by atoms with Gasteiger partial charge in [0.1, 0.15) is 6.10 Å². The Morgan fingerprint density at radius 3 is 2.85 bits per heavy atom. The third-order valence-electron chi connectivity index (χ3n) is 5.58. The fourth-order valence-electron chi connectivity index (χ4n) is 4.04. The number of esters is 1. The summed E-state index contributed by atoms with van der Waals surface area (Å²) >= 11 is 0. The van der Waals surface area contributed by atoms with E-state index in [1.54, 1.807) is 17.1 Å². The van der Waals surface area contributed by atoms with E-state index >= 15 is 0 Å². The molecule has 3 aliphatic carbocycles. The Hall–Kier alpha value is -1.39. The molecular weight excluding hydrogens is 254 g/mol. The van der Waals surface area contributed by atoms with E-state index in [1.165, 1.54) is 6.42 Å². The number of carbonyl (C=O) groups is 1. The van der Waals surface area contributed by atoms with Gasteiger partial charge in [-0.2, -0.15) is 0 Å². The van der Waals surface area contributed by atoms with Crippen LogP contribution in [-0.4, -0.2) is 27.1 Å². The number of ether oxygens (including phenoxy) is 1. The maximum atomic E-state index is 12.0. The van der Waals surface area contributed by atoms with Crippen molar-refractivity contribution >= 4 is 5.97 Å². The monoisotopic (exact) mass is 277 g/mol. The standard InChI is InChI=1S/C15H23N3O2/c1-10-12-8-11(15(12,2)3)9-13(10)20-14(19)4-6-18-7-5-16-17-18/h5,7,10-13H,4,6,8-9H2,1-3H3/t10-,11-,12-,13+/m1/s1. The van der Waals surface area contributed by atoms with E-state index in [-0.39, 0.29) is 12.1 Å². The van der Waals surface area contributed by atoms with Crippen LogP contribution < -0.4 is 0 Å². The van der Waals surface area contributed by atoms with Crippen LogP contribution >= 0.6 is 0 Å². The Balaban J connectivity index is 1.50. The third-order valence-corrected chi connectivity index (χ3v) is 5.58. The number of aromatic nitrogens is 3. The highest BCUT2D eigenvalue weighted by molar-refractivity contribution is 5.69. The summed E-state index contributed by atoms with van der Waals surface area (Å²) in [4.78, 5) is 12.0. The van der Waals surface area contributed by atoms with Crippen LogP contribution in [0.5, 0.6) is 0 Å². The fourth-order valence-corrected chi connectivity index (χ4v) is 4.04. The summed E-state index contributed by atoms with van der Waals surface area (Å²) < 4.78 is 7.35. The Bertz CT molecular complexity index is 483. The molecule has 1 heterocycles. The van der Waals surface area contributed by atoms with Crippen molar-refractivity contribution in [2.24, 2.45) is 23.2 Å². The zero-order valence-corrected chi connectivity index (χ0v) is 12.5. The van der Waals surface area contributed by atoms with Crippen molar-refractivity contribution in [1.29, 1.82) is 0 Å². The summed E-state index contributed by atoms with van der Waals surface area (Å²) in [5, 5.41) is 7.57. The molecule has 3 fully saturated rings. The predicted molar refractivity (Wildman–Crippen MR) is 73.7 cm³/mol. The molecule has 4 atom stereocenters. The number of rotatable bonds is 4. The van der Waals surface area contributed by atoms with Crippen LogP contribution in [0.4, 0.5) is 0 Å². The van der Waals surface area contributed by atoms with Crippen molar-refractivity contribution in [3.63, 3.8) is 0 Å². The molecule has 0 radical (unpaired) electrons. The Kier molecular flexibility index (Phi) is 3.30. The third kappa shape index (κ3) is 2.23. The van der Waals surface area contributed by atoms with E-state index in [2.05, 4.69) is 31.1 Å². The molecule has 5 nitrogen and oxygen atoms in total. The summed E-state index contributed by atoms with van der Waals surface area (Å²) in [6.45, 7) is 7.48. The molecule has 110 valence electrons. The minimum absolute atomic E-state index is 0.107. The number of nitrogens with zero attached hydrogens (tertiary/aromatic N) is 3. The average Bonchev–Trinajstić information content (AvgIpc) is 2.91. The van der Waals surface area contributed by atoms with E-state index in [9.17, 15) is 4.79 Å². The molecule has 0 aromatic carbocycles. The lowest BCUT2D eigenvalue weighted by atomic mass is 9.45. The molecule has 0 unspecified atom stereocenters. The molecule has 2 bridgehead atoms. The van der Waals surface area contributed by atoms with Crippen molar-refractivity contribution in [1.82, 2.24) is 15.0 Å². The molecule has 3 aliphatic rings. The van der Waals surface area contributed by atoms with Gasteiger partial charge in [0, 0.05) is 6.20 Å². The summed E-state index contributed by atoms with van der Waals surface area (Å²) in [5.41, 5.74) is 0.434. The van der Waals surface area contributed by atoms with Crippen molar-refractivity contribution in [3.05, 3.63) is 12.4 Å².